The zero-order chi connectivity index (χ0) is 22.5. The Bertz CT molecular complexity index is 1180. The van der Waals surface area contributed by atoms with Crippen molar-refractivity contribution in [3.63, 3.8) is 0 Å². The van der Waals surface area contributed by atoms with Gasteiger partial charge < -0.3 is 20.1 Å². The van der Waals surface area contributed by atoms with Crippen LogP contribution >= 0.6 is 12.2 Å². The van der Waals surface area contributed by atoms with Crippen molar-refractivity contribution in [2.24, 2.45) is 0 Å². The number of benzene rings is 1. The van der Waals surface area contributed by atoms with Crippen molar-refractivity contribution in [1.82, 2.24) is 24.8 Å². The highest BCUT2D eigenvalue weighted by molar-refractivity contribution is 7.80. The third-order valence-electron chi connectivity index (χ3n) is 5.90. The number of hydrogen-bond donors (Lipinski definition) is 2. The molecule has 4 aromatic rings. The van der Waals surface area contributed by atoms with Gasteiger partial charge in [-0.05, 0) is 67.2 Å². The third kappa shape index (κ3) is 4.59. The molecule has 0 unspecified atom stereocenters. The first-order valence-electron chi connectivity index (χ1n) is 11.2. The molecule has 1 saturated heterocycles. The molecule has 4 heterocycles. The van der Waals surface area contributed by atoms with Crippen LogP contribution < -0.4 is 10.6 Å². The van der Waals surface area contributed by atoms with Gasteiger partial charge >= 0.3 is 0 Å². The molecule has 7 heteroatoms. The molecular weight excluding hydrogens is 428 g/mol. The molecule has 2 N–H and O–H groups in total. The zero-order valence-electron chi connectivity index (χ0n) is 18.2. The average molecular weight is 455 g/mol. The Kier molecular flexibility index (Phi) is 6.30. The third-order valence-corrected chi connectivity index (χ3v) is 6.25. The number of thiocarbonyl (C=S) groups is 1. The molecule has 1 aromatic carbocycles. The predicted molar refractivity (Wildman–Crippen MR) is 135 cm³/mol. The fourth-order valence-electron chi connectivity index (χ4n) is 4.38. The standard InChI is InChI=1S/C26H26N6S/c33-26-30-24(22-10-4-5-14-29-22)25(23-11-6-18-31(23)21-12-16-27-17-13-21)32(26)19-7-15-28-20-8-2-1-3-9-20/h1-6,8-14,16-18,24-25,28H,7,15,19H2,(H,30,33)/t24-,25+/m0/s1. The number of anilines is 1. The molecule has 0 aliphatic carbocycles. The van der Waals surface area contributed by atoms with Crippen LogP contribution in [0.4, 0.5) is 5.69 Å². The number of para-hydroxylation sites is 1. The van der Waals surface area contributed by atoms with Crippen LogP contribution in [0.3, 0.4) is 0 Å². The average Bonchev–Trinajstić information content (AvgIpc) is 3.48. The van der Waals surface area contributed by atoms with E-state index in [-0.39, 0.29) is 12.1 Å². The van der Waals surface area contributed by atoms with Crippen LogP contribution in [0.15, 0.2) is 97.6 Å². The molecule has 0 bridgehead atoms. The minimum Gasteiger partial charge on any atom is -0.385 e. The van der Waals surface area contributed by atoms with Crippen LogP contribution in [0, 0.1) is 0 Å². The highest BCUT2D eigenvalue weighted by Crippen LogP contribution is 2.39. The highest BCUT2D eigenvalue weighted by Gasteiger charge is 2.40. The fraction of sp³-hybridized carbons (Fsp3) is 0.192. The summed E-state index contributed by atoms with van der Waals surface area (Å²) >= 11 is 5.82. The normalized spacial score (nSPS) is 17.7. The van der Waals surface area contributed by atoms with Crippen LogP contribution in [0.25, 0.3) is 5.69 Å². The van der Waals surface area contributed by atoms with Gasteiger partial charge in [0, 0.05) is 54.9 Å². The van der Waals surface area contributed by atoms with Crippen LogP contribution in [0.2, 0.25) is 0 Å². The lowest BCUT2D eigenvalue weighted by molar-refractivity contribution is 0.307. The summed E-state index contributed by atoms with van der Waals surface area (Å²) in [5.74, 6) is 0. The van der Waals surface area contributed by atoms with Crippen molar-refractivity contribution in [1.29, 1.82) is 0 Å². The number of rotatable bonds is 8. The molecular formula is C26H26N6S. The molecule has 3 aromatic heterocycles. The predicted octanol–water partition coefficient (Wildman–Crippen LogP) is 4.74. The monoisotopic (exact) mass is 454 g/mol. The Morgan fingerprint density at radius 2 is 1.73 bits per heavy atom. The summed E-state index contributed by atoms with van der Waals surface area (Å²) in [5, 5.41) is 7.80. The molecule has 6 nitrogen and oxygen atoms in total. The van der Waals surface area contributed by atoms with Crippen LogP contribution in [0.5, 0.6) is 0 Å². The lowest BCUT2D eigenvalue weighted by atomic mass is 10.0. The van der Waals surface area contributed by atoms with Crippen molar-refractivity contribution in [2.75, 3.05) is 18.4 Å². The van der Waals surface area contributed by atoms with E-state index in [2.05, 4.69) is 66.6 Å². The first-order valence-corrected chi connectivity index (χ1v) is 11.6. The molecule has 1 fully saturated rings. The number of aromatic nitrogens is 3. The van der Waals surface area contributed by atoms with E-state index in [0.29, 0.717) is 0 Å². The molecule has 0 amide bonds. The Hall–Kier alpha value is -3.71. The Morgan fingerprint density at radius 1 is 0.909 bits per heavy atom. The van der Waals surface area contributed by atoms with E-state index in [9.17, 15) is 0 Å². The first kappa shape index (κ1) is 21.2. The fourth-order valence-corrected chi connectivity index (χ4v) is 4.71. The van der Waals surface area contributed by atoms with Crippen molar-refractivity contribution in [3.8, 4) is 5.69 Å². The minimum atomic E-state index is -0.0312. The molecule has 2 atom stereocenters. The van der Waals surface area contributed by atoms with Crippen molar-refractivity contribution in [2.45, 2.75) is 18.5 Å². The van der Waals surface area contributed by atoms with E-state index in [4.69, 9.17) is 12.2 Å². The second-order valence-corrected chi connectivity index (χ2v) is 8.36. The maximum absolute atomic E-state index is 5.82. The van der Waals surface area contributed by atoms with Gasteiger partial charge in [0.1, 0.15) is 0 Å². The number of nitrogens with one attached hydrogen (secondary N) is 2. The van der Waals surface area contributed by atoms with Crippen molar-refractivity contribution < 1.29 is 0 Å². The van der Waals surface area contributed by atoms with E-state index in [1.54, 1.807) is 0 Å². The van der Waals surface area contributed by atoms with Crippen LogP contribution in [0.1, 0.15) is 29.9 Å². The Morgan fingerprint density at radius 3 is 2.52 bits per heavy atom. The minimum absolute atomic E-state index is 0.0206. The summed E-state index contributed by atoms with van der Waals surface area (Å²) in [5.41, 5.74) is 4.36. The summed E-state index contributed by atoms with van der Waals surface area (Å²) in [4.78, 5) is 11.1. The maximum Gasteiger partial charge on any atom is 0.170 e. The van der Waals surface area contributed by atoms with Gasteiger partial charge in [-0.25, -0.2) is 0 Å². The Labute approximate surface area is 199 Å². The topological polar surface area (TPSA) is 58.0 Å². The summed E-state index contributed by atoms with van der Waals surface area (Å²) in [6, 6.07) is 24.6. The van der Waals surface area contributed by atoms with Crippen LogP contribution in [-0.4, -0.2) is 37.6 Å². The van der Waals surface area contributed by atoms with Gasteiger partial charge in [-0.3, -0.25) is 9.97 Å². The number of pyridine rings is 2. The largest absolute Gasteiger partial charge is 0.385 e. The maximum atomic E-state index is 5.82. The summed E-state index contributed by atoms with van der Waals surface area (Å²) in [7, 11) is 0. The van der Waals surface area contributed by atoms with Gasteiger partial charge in [-0.1, -0.05) is 24.3 Å². The quantitative estimate of drug-likeness (QED) is 0.296. The van der Waals surface area contributed by atoms with Gasteiger partial charge in [0.05, 0.1) is 17.8 Å². The number of hydrogen-bond acceptors (Lipinski definition) is 4. The second-order valence-electron chi connectivity index (χ2n) is 7.97. The van der Waals surface area contributed by atoms with Crippen LogP contribution in [-0.2, 0) is 0 Å². The van der Waals surface area contributed by atoms with Crippen molar-refractivity contribution in [3.05, 3.63) is 109 Å². The molecule has 33 heavy (non-hydrogen) atoms. The lowest BCUT2D eigenvalue weighted by Crippen LogP contribution is -2.32. The van der Waals surface area contributed by atoms with E-state index >= 15 is 0 Å². The SMILES string of the molecule is S=C1N[C@@H](c2ccccn2)[C@@H](c2cccn2-c2ccncc2)N1CCCNc1ccccc1. The summed E-state index contributed by atoms with van der Waals surface area (Å²) in [6.45, 7) is 1.71. The zero-order valence-corrected chi connectivity index (χ0v) is 19.0. The lowest BCUT2D eigenvalue weighted by Gasteiger charge is -2.29. The highest BCUT2D eigenvalue weighted by atomic mass is 32.1. The van der Waals surface area contributed by atoms with Gasteiger partial charge in [0.15, 0.2) is 5.11 Å². The summed E-state index contributed by atoms with van der Waals surface area (Å²) < 4.78 is 2.22. The van der Waals surface area contributed by atoms with Gasteiger partial charge in [-0.2, -0.15) is 0 Å². The molecule has 0 spiro atoms. The molecule has 0 radical (unpaired) electrons. The van der Waals surface area contributed by atoms with Gasteiger partial charge in [-0.15, -0.1) is 0 Å². The van der Waals surface area contributed by atoms with E-state index in [1.807, 2.05) is 61.1 Å². The molecule has 1 aliphatic rings. The molecule has 1 aliphatic heterocycles. The van der Waals surface area contributed by atoms with E-state index < -0.39 is 0 Å². The van der Waals surface area contributed by atoms with Crippen molar-refractivity contribution >= 4 is 23.0 Å². The molecule has 5 rings (SSSR count). The molecule has 166 valence electrons. The number of nitrogens with zero attached hydrogens (tertiary/aromatic N) is 4. The Balaban J connectivity index is 1.41. The first-order chi connectivity index (χ1) is 16.3. The summed E-state index contributed by atoms with van der Waals surface area (Å²) in [6.07, 6.45) is 8.53. The van der Waals surface area contributed by atoms with Gasteiger partial charge in [0.2, 0.25) is 0 Å². The van der Waals surface area contributed by atoms with E-state index in [0.717, 1.165) is 41.7 Å². The van der Waals surface area contributed by atoms with Gasteiger partial charge in [0.25, 0.3) is 0 Å². The molecule has 0 saturated carbocycles. The smallest absolute Gasteiger partial charge is 0.170 e. The second kappa shape index (κ2) is 9.83. The van der Waals surface area contributed by atoms with E-state index in [1.165, 1.54) is 5.69 Å².